The number of rotatable bonds is 3. The average Bonchev–Trinajstić information content (AvgIpc) is 2.46. The summed E-state index contributed by atoms with van der Waals surface area (Å²) in [5.74, 6) is 0.880. The molecule has 0 saturated carbocycles. The third-order valence-corrected chi connectivity index (χ3v) is 4.53. The zero-order valence-corrected chi connectivity index (χ0v) is 12.7. The van der Waals surface area contributed by atoms with Crippen LogP contribution in [0.5, 0.6) is 0 Å². The van der Waals surface area contributed by atoms with Gasteiger partial charge in [-0.25, -0.2) is 0 Å². The van der Waals surface area contributed by atoms with Crippen LogP contribution < -0.4 is 10.6 Å². The van der Waals surface area contributed by atoms with Gasteiger partial charge in [-0.15, -0.1) is 0 Å². The summed E-state index contributed by atoms with van der Waals surface area (Å²) >= 11 is 0. The van der Waals surface area contributed by atoms with Crippen molar-refractivity contribution in [1.82, 2.24) is 15.5 Å². The molecule has 5 heteroatoms. The number of hydrogen-bond donors (Lipinski definition) is 2. The lowest BCUT2D eigenvalue weighted by atomic mass is 9.89. The van der Waals surface area contributed by atoms with Gasteiger partial charge in [0.05, 0.1) is 6.04 Å². The van der Waals surface area contributed by atoms with E-state index in [1.165, 1.54) is 13.3 Å². The fourth-order valence-electron chi connectivity index (χ4n) is 3.36. The maximum atomic E-state index is 12.6. The molecule has 2 fully saturated rings. The quantitative estimate of drug-likeness (QED) is 0.808. The SMILES string of the molecule is CCC1CCNC(C(=O)N2CCCC(NC(C)=O)C2)C1. The van der Waals surface area contributed by atoms with Crippen LogP contribution in [0.3, 0.4) is 0 Å². The van der Waals surface area contributed by atoms with Crippen LogP contribution in [0.4, 0.5) is 0 Å². The molecule has 0 aromatic rings. The molecule has 2 rings (SSSR count). The van der Waals surface area contributed by atoms with Crippen molar-refractivity contribution in [3.05, 3.63) is 0 Å². The highest BCUT2D eigenvalue weighted by Gasteiger charge is 2.32. The van der Waals surface area contributed by atoms with Gasteiger partial charge in [0.25, 0.3) is 0 Å². The van der Waals surface area contributed by atoms with E-state index in [2.05, 4.69) is 17.6 Å². The monoisotopic (exact) mass is 281 g/mol. The highest BCUT2D eigenvalue weighted by molar-refractivity contribution is 5.82. The van der Waals surface area contributed by atoms with Crippen molar-refractivity contribution in [2.75, 3.05) is 19.6 Å². The normalized spacial score (nSPS) is 30.9. The number of carbonyl (C=O) groups excluding carboxylic acids is 2. The number of nitrogens with zero attached hydrogens (tertiary/aromatic N) is 1. The molecule has 5 nitrogen and oxygen atoms in total. The molecule has 2 heterocycles. The predicted molar refractivity (Wildman–Crippen MR) is 78.2 cm³/mol. The number of amides is 2. The van der Waals surface area contributed by atoms with Crippen molar-refractivity contribution in [2.45, 2.75) is 58.0 Å². The largest absolute Gasteiger partial charge is 0.352 e. The smallest absolute Gasteiger partial charge is 0.239 e. The highest BCUT2D eigenvalue weighted by atomic mass is 16.2. The fourth-order valence-corrected chi connectivity index (χ4v) is 3.36. The molecule has 0 aliphatic carbocycles. The van der Waals surface area contributed by atoms with Crippen molar-refractivity contribution in [2.24, 2.45) is 5.92 Å². The summed E-state index contributed by atoms with van der Waals surface area (Å²) in [4.78, 5) is 25.7. The molecule has 114 valence electrons. The third-order valence-electron chi connectivity index (χ3n) is 4.53. The van der Waals surface area contributed by atoms with Crippen molar-refractivity contribution in [1.29, 1.82) is 0 Å². The Morgan fingerprint density at radius 2 is 2.15 bits per heavy atom. The molecule has 0 aromatic carbocycles. The Bertz CT molecular complexity index is 359. The number of hydrogen-bond acceptors (Lipinski definition) is 3. The van der Waals surface area contributed by atoms with Gasteiger partial charge >= 0.3 is 0 Å². The standard InChI is InChI=1S/C15H27N3O2/c1-3-12-6-7-16-14(9-12)15(20)18-8-4-5-13(10-18)17-11(2)19/h12-14,16H,3-10H2,1-2H3,(H,17,19). The van der Waals surface area contributed by atoms with E-state index in [0.29, 0.717) is 12.5 Å². The van der Waals surface area contributed by atoms with E-state index in [-0.39, 0.29) is 23.9 Å². The van der Waals surface area contributed by atoms with Crippen LogP contribution in [0.2, 0.25) is 0 Å². The van der Waals surface area contributed by atoms with Crippen LogP contribution in [0.25, 0.3) is 0 Å². The lowest BCUT2D eigenvalue weighted by molar-refractivity contribution is -0.136. The Balaban J connectivity index is 1.89. The number of nitrogens with one attached hydrogen (secondary N) is 2. The van der Waals surface area contributed by atoms with Gasteiger partial charge in [0, 0.05) is 26.1 Å². The van der Waals surface area contributed by atoms with E-state index in [4.69, 9.17) is 0 Å². The van der Waals surface area contributed by atoms with Gasteiger partial charge < -0.3 is 15.5 Å². The first-order chi connectivity index (χ1) is 9.60. The summed E-state index contributed by atoms with van der Waals surface area (Å²) in [7, 11) is 0. The van der Waals surface area contributed by atoms with Crippen LogP contribution in [-0.2, 0) is 9.59 Å². The molecule has 2 aliphatic rings. The first-order valence-corrected chi connectivity index (χ1v) is 7.89. The zero-order chi connectivity index (χ0) is 14.5. The molecule has 2 amide bonds. The molecule has 2 N–H and O–H groups in total. The van der Waals surface area contributed by atoms with Crippen LogP contribution in [0.1, 0.15) is 46.0 Å². The van der Waals surface area contributed by atoms with E-state index >= 15 is 0 Å². The van der Waals surface area contributed by atoms with Crippen LogP contribution in [-0.4, -0.2) is 48.4 Å². The van der Waals surface area contributed by atoms with Gasteiger partial charge in [-0.1, -0.05) is 13.3 Å². The van der Waals surface area contributed by atoms with E-state index < -0.39 is 0 Å². The van der Waals surface area contributed by atoms with Gasteiger partial charge in [-0.2, -0.15) is 0 Å². The number of carbonyl (C=O) groups is 2. The van der Waals surface area contributed by atoms with E-state index in [1.54, 1.807) is 0 Å². The minimum absolute atomic E-state index is 0.00821. The van der Waals surface area contributed by atoms with Gasteiger partial charge in [0.1, 0.15) is 0 Å². The Kier molecular flexibility index (Phi) is 5.40. The average molecular weight is 281 g/mol. The number of likely N-dealkylation sites (tertiary alicyclic amines) is 1. The van der Waals surface area contributed by atoms with Crippen LogP contribution >= 0.6 is 0 Å². The molecule has 0 radical (unpaired) electrons. The molecule has 0 aromatic heterocycles. The summed E-state index contributed by atoms with van der Waals surface area (Å²) in [6, 6.07) is 0.0977. The molecule has 2 aliphatic heterocycles. The Morgan fingerprint density at radius 3 is 2.85 bits per heavy atom. The fraction of sp³-hybridized carbons (Fsp3) is 0.867. The summed E-state index contributed by atoms with van der Waals surface area (Å²) in [5.41, 5.74) is 0. The second kappa shape index (κ2) is 7.07. The Morgan fingerprint density at radius 1 is 1.35 bits per heavy atom. The summed E-state index contributed by atoms with van der Waals surface area (Å²) < 4.78 is 0. The summed E-state index contributed by atoms with van der Waals surface area (Å²) in [6.45, 7) is 6.16. The topological polar surface area (TPSA) is 61.4 Å². The first kappa shape index (κ1) is 15.3. The lowest BCUT2D eigenvalue weighted by Crippen LogP contribution is -2.55. The molecule has 3 unspecified atom stereocenters. The molecule has 20 heavy (non-hydrogen) atoms. The first-order valence-electron chi connectivity index (χ1n) is 7.89. The number of piperidine rings is 2. The summed E-state index contributed by atoms with van der Waals surface area (Å²) in [5, 5.41) is 6.29. The van der Waals surface area contributed by atoms with Crippen molar-refractivity contribution in [3.8, 4) is 0 Å². The predicted octanol–water partition coefficient (Wildman–Crippen LogP) is 0.892. The molecular formula is C15H27N3O2. The van der Waals surface area contributed by atoms with Crippen molar-refractivity contribution < 1.29 is 9.59 Å². The van der Waals surface area contributed by atoms with Gasteiger partial charge in [-0.3, -0.25) is 9.59 Å². The van der Waals surface area contributed by atoms with Gasteiger partial charge in [-0.05, 0) is 38.1 Å². The lowest BCUT2D eigenvalue weighted by Gasteiger charge is -2.37. The maximum absolute atomic E-state index is 12.6. The van der Waals surface area contributed by atoms with Crippen LogP contribution in [0, 0.1) is 5.92 Å². The van der Waals surface area contributed by atoms with Crippen molar-refractivity contribution in [3.63, 3.8) is 0 Å². The molecule has 0 spiro atoms. The van der Waals surface area contributed by atoms with Crippen LogP contribution in [0.15, 0.2) is 0 Å². The molecule has 0 bridgehead atoms. The Hall–Kier alpha value is -1.10. The minimum atomic E-state index is -0.0234. The molecular weight excluding hydrogens is 254 g/mol. The van der Waals surface area contributed by atoms with Gasteiger partial charge in [0.2, 0.25) is 11.8 Å². The second-order valence-corrected chi connectivity index (χ2v) is 6.13. The van der Waals surface area contributed by atoms with Gasteiger partial charge in [0.15, 0.2) is 0 Å². The highest BCUT2D eigenvalue weighted by Crippen LogP contribution is 2.21. The van der Waals surface area contributed by atoms with Crippen molar-refractivity contribution >= 4 is 11.8 Å². The summed E-state index contributed by atoms with van der Waals surface area (Å²) in [6.07, 6.45) is 5.23. The van der Waals surface area contributed by atoms with E-state index in [1.807, 2.05) is 4.90 Å². The minimum Gasteiger partial charge on any atom is -0.352 e. The van der Waals surface area contributed by atoms with E-state index in [9.17, 15) is 9.59 Å². The van der Waals surface area contributed by atoms with E-state index in [0.717, 1.165) is 38.8 Å². The Labute approximate surface area is 121 Å². The maximum Gasteiger partial charge on any atom is 0.239 e. The zero-order valence-electron chi connectivity index (χ0n) is 12.7. The molecule has 3 atom stereocenters. The third kappa shape index (κ3) is 3.95. The molecule has 2 saturated heterocycles. The second-order valence-electron chi connectivity index (χ2n) is 6.13.